The molecule has 2 fully saturated rings. The molecule has 0 N–H and O–H groups in total. The van der Waals surface area contributed by atoms with Crippen molar-refractivity contribution in [3.63, 3.8) is 0 Å². The molecule has 1 aromatic rings. The molecule has 21 heavy (non-hydrogen) atoms. The lowest BCUT2D eigenvalue weighted by molar-refractivity contribution is 0.180. The zero-order chi connectivity index (χ0) is 14.5. The van der Waals surface area contributed by atoms with Crippen molar-refractivity contribution in [1.82, 2.24) is 4.90 Å². The van der Waals surface area contributed by atoms with Gasteiger partial charge in [0.15, 0.2) is 11.6 Å². The van der Waals surface area contributed by atoms with Crippen LogP contribution in [0.2, 0.25) is 0 Å². The van der Waals surface area contributed by atoms with E-state index in [1.807, 2.05) is 6.07 Å². The maximum Gasteiger partial charge on any atom is 0.165 e. The molecule has 3 heteroatoms. The lowest BCUT2D eigenvalue weighted by atomic mass is 10.1. The Labute approximate surface area is 127 Å². The van der Waals surface area contributed by atoms with Gasteiger partial charge in [-0.3, -0.25) is 4.90 Å². The van der Waals surface area contributed by atoms with Crippen molar-refractivity contribution in [3.05, 3.63) is 29.6 Å². The lowest BCUT2D eigenvalue weighted by Crippen LogP contribution is -2.33. The molecule has 3 rings (SSSR count). The van der Waals surface area contributed by atoms with Crippen LogP contribution in [0.3, 0.4) is 0 Å². The summed E-state index contributed by atoms with van der Waals surface area (Å²) in [5.74, 6) is 1.10. The summed E-state index contributed by atoms with van der Waals surface area (Å²) in [6.45, 7) is 3.80. The van der Waals surface area contributed by atoms with E-state index in [4.69, 9.17) is 4.74 Å². The Morgan fingerprint density at radius 1 is 1.14 bits per heavy atom. The molecule has 0 unspecified atom stereocenters. The highest BCUT2D eigenvalue weighted by atomic mass is 19.1. The van der Waals surface area contributed by atoms with E-state index in [1.165, 1.54) is 38.5 Å². The Morgan fingerprint density at radius 2 is 1.95 bits per heavy atom. The van der Waals surface area contributed by atoms with Gasteiger partial charge in [0.25, 0.3) is 0 Å². The minimum atomic E-state index is -0.207. The minimum Gasteiger partial charge on any atom is -0.489 e. The molecule has 0 amide bonds. The Bertz CT molecular complexity index is 453. The van der Waals surface area contributed by atoms with Gasteiger partial charge in [-0.05, 0) is 62.4 Å². The maximum absolute atomic E-state index is 14.0. The first-order valence-corrected chi connectivity index (χ1v) is 8.45. The molecule has 2 nitrogen and oxygen atoms in total. The summed E-state index contributed by atoms with van der Waals surface area (Å²) < 4.78 is 19.6. The predicted octanol–water partition coefficient (Wildman–Crippen LogP) is 4.03. The highest BCUT2D eigenvalue weighted by Crippen LogP contribution is 2.33. The van der Waals surface area contributed by atoms with E-state index in [-0.39, 0.29) is 5.82 Å². The van der Waals surface area contributed by atoms with Crippen LogP contribution in [-0.2, 0) is 6.42 Å². The monoisotopic (exact) mass is 291 g/mol. The molecule has 116 valence electrons. The van der Waals surface area contributed by atoms with Crippen LogP contribution in [0.5, 0.6) is 5.75 Å². The first-order chi connectivity index (χ1) is 10.3. The largest absolute Gasteiger partial charge is 0.489 e. The summed E-state index contributed by atoms with van der Waals surface area (Å²) in [5.41, 5.74) is 1.10. The van der Waals surface area contributed by atoms with Gasteiger partial charge in [0.1, 0.15) is 6.61 Å². The van der Waals surface area contributed by atoms with E-state index in [9.17, 15) is 4.39 Å². The Hall–Kier alpha value is -1.09. The van der Waals surface area contributed by atoms with Gasteiger partial charge in [0.2, 0.25) is 0 Å². The highest BCUT2D eigenvalue weighted by molar-refractivity contribution is 5.29. The van der Waals surface area contributed by atoms with Gasteiger partial charge in [-0.15, -0.1) is 0 Å². The van der Waals surface area contributed by atoms with Crippen molar-refractivity contribution in [1.29, 1.82) is 0 Å². The van der Waals surface area contributed by atoms with Gasteiger partial charge in [0, 0.05) is 6.54 Å². The van der Waals surface area contributed by atoms with E-state index in [2.05, 4.69) is 4.90 Å². The number of piperidine rings is 1. The number of aryl methyl sites for hydroxylation is 1. The molecule has 1 saturated heterocycles. The molecule has 0 aromatic heterocycles. The van der Waals surface area contributed by atoms with Crippen molar-refractivity contribution < 1.29 is 9.13 Å². The predicted molar refractivity (Wildman–Crippen MR) is 83.2 cm³/mol. The SMILES string of the molecule is Fc1cc(CCC2CC2)ccc1OCCN1CCCCC1. The number of hydrogen-bond donors (Lipinski definition) is 0. The average molecular weight is 291 g/mol. The Morgan fingerprint density at radius 3 is 2.67 bits per heavy atom. The second-order valence-corrected chi connectivity index (χ2v) is 6.50. The van der Waals surface area contributed by atoms with Crippen LogP contribution in [0.4, 0.5) is 4.39 Å². The fraction of sp³-hybridized carbons (Fsp3) is 0.667. The zero-order valence-electron chi connectivity index (χ0n) is 12.8. The number of benzene rings is 1. The quantitative estimate of drug-likeness (QED) is 0.752. The number of hydrogen-bond acceptors (Lipinski definition) is 2. The van der Waals surface area contributed by atoms with Crippen LogP contribution in [0.25, 0.3) is 0 Å². The first-order valence-electron chi connectivity index (χ1n) is 8.45. The van der Waals surface area contributed by atoms with E-state index in [0.717, 1.165) is 37.5 Å². The van der Waals surface area contributed by atoms with Gasteiger partial charge in [0.05, 0.1) is 0 Å². The molecule has 0 bridgehead atoms. The molecule has 1 aliphatic carbocycles. The van der Waals surface area contributed by atoms with Crippen LogP contribution in [0.15, 0.2) is 18.2 Å². The molecule has 1 saturated carbocycles. The third-order valence-corrected chi connectivity index (χ3v) is 4.65. The van der Waals surface area contributed by atoms with E-state index in [1.54, 1.807) is 12.1 Å². The number of rotatable bonds is 7. The van der Waals surface area contributed by atoms with Crippen LogP contribution in [0.1, 0.15) is 44.1 Å². The van der Waals surface area contributed by atoms with Gasteiger partial charge in [-0.1, -0.05) is 25.3 Å². The van der Waals surface area contributed by atoms with Gasteiger partial charge in [-0.2, -0.15) is 0 Å². The molecular weight excluding hydrogens is 265 g/mol. The highest BCUT2D eigenvalue weighted by Gasteiger charge is 2.20. The smallest absolute Gasteiger partial charge is 0.165 e. The summed E-state index contributed by atoms with van der Waals surface area (Å²) >= 11 is 0. The Balaban J connectivity index is 1.43. The summed E-state index contributed by atoms with van der Waals surface area (Å²) in [4.78, 5) is 2.41. The van der Waals surface area contributed by atoms with Gasteiger partial charge in [-0.25, -0.2) is 4.39 Å². The second kappa shape index (κ2) is 7.26. The maximum atomic E-state index is 14.0. The normalized spacial score (nSPS) is 19.7. The fourth-order valence-corrected chi connectivity index (χ4v) is 3.06. The molecular formula is C18H26FNO. The number of likely N-dealkylation sites (tertiary alicyclic amines) is 1. The van der Waals surface area contributed by atoms with E-state index >= 15 is 0 Å². The third-order valence-electron chi connectivity index (χ3n) is 4.65. The first kappa shape index (κ1) is 14.8. The van der Waals surface area contributed by atoms with E-state index in [0.29, 0.717) is 12.4 Å². The third kappa shape index (κ3) is 4.70. The van der Waals surface area contributed by atoms with E-state index < -0.39 is 0 Å². The molecule has 2 aliphatic rings. The Kier molecular flexibility index (Phi) is 5.13. The lowest BCUT2D eigenvalue weighted by Gasteiger charge is -2.26. The molecule has 0 atom stereocenters. The molecule has 0 spiro atoms. The summed E-state index contributed by atoms with van der Waals surface area (Å²) in [6.07, 6.45) is 8.83. The summed E-state index contributed by atoms with van der Waals surface area (Å²) in [5, 5.41) is 0. The molecule has 0 radical (unpaired) electrons. The van der Waals surface area contributed by atoms with Crippen molar-refractivity contribution in [2.75, 3.05) is 26.2 Å². The molecule has 1 heterocycles. The summed E-state index contributed by atoms with van der Waals surface area (Å²) in [6, 6.07) is 5.47. The van der Waals surface area contributed by atoms with Crippen molar-refractivity contribution in [3.8, 4) is 5.75 Å². The van der Waals surface area contributed by atoms with Crippen molar-refractivity contribution >= 4 is 0 Å². The van der Waals surface area contributed by atoms with Crippen LogP contribution < -0.4 is 4.74 Å². The van der Waals surface area contributed by atoms with Gasteiger partial charge >= 0.3 is 0 Å². The number of nitrogens with zero attached hydrogens (tertiary/aromatic N) is 1. The summed E-state index contributed by atoms with van der Waals surface area (Å²) in [7, 11) is 0. The average Bonchev–Trinajstić information content (AvgIpc) is 3.32. The van der Waals surface area contributed by atoms with Crippen molar-refractivity contribution in [2.45, 2.75) is 44.9 Å². The standard InChI is InChI=1S/C18H26FNO/c19-17-14-16(7-6-15-4-5-15)8-9-18(17)21-13-12-20-10-2-1-3-11-20/h8-9,14-15H,1-7,10-13H2. The minimum absolute atomic E-state index is 0.207. The van der Waals surface area contributed by atoms with Crippen LogP contribution in [-0.4, -0.2) is 31.1 Å². The molecule has 1 aromatic carbocycles. The van der Waals surface area contributed by atoms with Crippen LogP contribution >= 0.6 is 0 Å². The zero-order valence-corrected chi connectivity index (χ0v) is 12.8. The topological polar surface area (TPSA) is 12.5 Å². The fourth-order valence-electron chi connectivity index (χ4n) is 3.06. The second-order valence-electron chi connectivity index (χ2n) is 6.50. The van der Waals surface area contributed by atoms with Crippen LogP contribution in [0, 0.1) is 11.7 Å². The number of halogens is 1. The molecule has 1 aliphatic heterocycles. The van der Waals surface area contributed by atoms with Gasteiger partial charge < -0.3 is 4.74 Å². The van der Waals surface area contributed by atoms with Crippen molar-refractivity contribution in [2.24, 2.45) is 5.92 Å². The number of ether oxygens (including phenoxy) is 1.